The van der Waals surface area contributed by atoms with Gasteiger partial charge in [-0.3, -0.25) is 14.3 Å². The fourth-order valence-corrected chi connectivity index (χ4v) is 2.37. The van der Waals surface area contributed by atoms with Crippen LogP contribution in [-0.4, -0.2) is 34.2 Å². The van der Waals surface area contributed by atoms with Crippen LogP contribution in [0.3, 0.4) is 0 Å². The zero-order valence-corrected chi connectivity index (χ0v) is 16.5. The van der Waals surface area contributed by atoms with Crippen LogP contribution in [0, 0.1) is 0 Å². The Bertz CT molecular complexity index is 750. The predicted octanol–water partition coefficient (Wildman–Crippen LogP) is 2.27. The Morgan fingerprint density at radius 3 is 2.23 bits per heavy atom. The van der Waals surface area contributed by atoms with Crippen molar-refractivity contribution in [3.05, 3.63) is 47.8 Å². The van der Waals surface area contributed by atoms with Gasteiger partial charge in [0, 0.05) is 35.6 Å². The van der Waals surface area contributed by atoms with Gasteiger partial charge in [0.05, 0.1) is 6.20 Å². The molecule has 1 heterocycles. The highest BCUT2D eigenvalue weighted by Crippen LogP contribution is 2.16. The molecule has 0 aliphatic heterocycles. The summed E-state index contributed by atoms with van der Waals surface area (Å²) in [5.74, 6) is -0.337. The number of nitrogens with zero attached hydrogens (tertiary/aromatic N) is 2. The summed E-state index contributed by atoms with van der Waals surface area (Å²) in [5, 5.41) is 12.8. The molecule has 0 aliphatic carbocycles. The smallest absolute Gasteiger partial charge is 0.251 e. The highest BCUT2D eigenvalue weighted by atomic mass is 35.5. The van der Waals surface area contributed by atoms with Crippen LogP contribution in [0.25, 0.3) is 0 Å². The molecule has 8 heteroatoms. The lowest BCUT2D eigenvalue weighted by Crippen LogP contribution is -2.40. The van der Waals surface area contributed by atoms with Gasteiger partial charge in [0.1, 0.15) is 6.04 Å². The van der Waals surface area contributed by atoms with Gasteiger partial charge in [-0.2, -0.15) is 5.10 Å². The maximum Gasteiger partial charge on any atom is 0.251 e. The Hall–Kier alpha value is -2.38. The van der Waals surface area contributed by atoms with E-state index in [4.69, 9.17) is 0 Å². The minimum atomic E-state index is -0.502. The number of aryl methyl sites for hydroxylation is 1. The number of anilines is 1. The summed E-state index contributed by atoms with van der Waals surface area (Å²) in [6.07, 6.45) is 3.45. The summed E-state index contributed by atoms with van der Waals surface area (Å²) >= 11 is 0. The second kappa shape index (κ2) is 8.82. The van der Waals surface area contributed by atoms with Crippen molar-refractivity contribution in [3.63, 3.8) is 0 Å². The molecule has 142 valence electrons. The van der Waals surface area contributed by atoms with E-state index in [1.807, 2.05) is 20.8 Å². The SMILES string of the molecule is CNC(C(=O)Nc1ccc(C(=O)NC(C)(C)C)cc1)c1cnn(C)c1.Cl. The number of carbonyl (C=O) groups is 2. The van der Waals surface area contributed by atoms with E-state index >= 15 is 0 Å². The monoisotopic (exact) mass is 379 g/mol. The van der Waals surface area contributed by atoms with E-state index in [9.17, 15) is 9.59 Å². The molecule has 2 rings (SSSR count). The van der Waals surface area contributed by atoms with Crippen molar-refractivity contribution in [3.8, 4) is 0 Å². The lowest BCUT2D eigenvalue weighted by Gasteiger charge is -2.20. The van der Waals surface area contributed by atoms with E-state index in [1.165, 1.54) is 0 Å². The van der Waals surface area contributed by atoms with Crippen molar-refractivity contribution in [2.45, 2.75) is 32.4 Å². The summed E-state index contributed by atoms with van der Waals surface area (Å²) in [7, 11) is 3.52. The van der Waals surface area contributed by atoms with Crippen LogP contribution >= 0.6 is 12.4 Å². The number of benzene rings is 1. The molecule has 0 aliphatic rings. The van der Waals surface area contributed by atoms with Gasteiger partial charge in [-0.05, 0) is 52.1 Å². The van der Waals surface area contributed by atoms with Gasteiger partial charge in [0.2, 0.25) is 5.91 Å². The fourth-order valence-electron chi connectivity index (χ4n) is 2.37. The van der Waals surface area contributed by atoms with Crippen LogP contribution in [-0.2, 0) is 11.8 Å². The van der Waals surface area contributed by atoms with E-state index in [1.54, 1.807) is 55.4 Å². The van der Waals surface area contributed by atoms with E-state index < -0.39 is 6.04 Å². The molecule has 1 aromatic heterocycles. The number of carbonyl (C=O) groups excluding carboxylic acids is 2. The summed E-state index contributed by atoms with van der Waals surface area (Å²) in [4.78, 5) is 24.6. The Morgan fingerprint density at radius 1 is 1.15 bits per heavy atom. The topological polar surface area (TPSA) is 88.1 Å². The second-order valence-electron chi connectivity index (χ2n) is 6.94. The predicted molar refractivity (Wildman–Crippen MR) is 105 cm³/mol. The number of halogens is 1. The molecule has 2 amide bonds. The zero-order chi connectivity index (χ0) is 18.6. The lowest BCUT2D eigenvalue weighted by atomic mass is 10.1. The van der Waals surface area contributed by atoms with Gasteiger partial charge in [0.25, 0.3) is 5.91 Å². The first-order valence-electron chi connectivity index (χ1n) is 8.09. The Labute approximate surface area is 160 Å². The lowest BCUT2D eigenvalue weighted by molar-refractivity contribution is -0.118. The van der Waals surface area contributed by atoms with E-state index in [0.29, 0.717) is 11.3 Å². The number of likely N-dealkylation sites (N-methyl/N-ethyl adjacent to an activating group) is 1. The minimum absolute atomic E-state index is 0. The fraction of sp³-hybridized carbons (Fsp3) is 0.389. The van der Waals surface area contributed by atoms with Crippen molar-refractivity contribution >= 4 is 29.9 Å². The Kier molecular flexibility index (Phi) is 7.35. The van der Waals surface area contributed by atoms with Gasteiger partial charge in [-0.25, -0.2) is 0 Å². The van der Waals surface area contributed by atoms with Crippen molar-refractivity contribution < 1.29 is 9.59 Å². The van der Waals surface area contributed by atoms with Crippen LogP contribution in [0.15, 0.2) is 36.7 Å². The maximum atomic E-state index is 12.5. The molecule has 0 bridgehead atoms. The Morgan fingerprint density at radius 2 is 1.77 bits per heavy atom. The molecule has 7 nitrogen and oxygen atoms in total. The molecular formula is C18H26ClN5O2. The van der Waals surface area contributed by atoms with Gasteiger partial charge in [0.15, 0.2) is 0 Å². The zero-order valence-electron chi connectivity index (χ0n) is 15.7. The number of amides is 2. The molecule has 1 aromatic carbocycles. The summed E-state index contributed by atoms with van der Waals surface area (Å²) < 4.78 is 1.65. The standard InChI is InChI=1S/C18H25N5O2.ClH/c1-18(2,3)22-16(24)12-6-8-14(9-7-12)21-17(25)15(19-4)13-10-20-23(5)11-13;/h6-11,15,19H,1-5H3,(H,21,25)(H,22,24);1H. The molecule has 0 saturated heterocycles. The van der Waals surface area contributed by atoms with Crippen LogP contribution in [0.2, 0.25) is 0 Å². The first-order chi connectivity index (χ1) is 11.7. The van der Waals surface area contributed by atoms with Crippen LogP contribution in [0.4, 0.5) is 5.69 Å². The molecule has 1 atom stereocenters. The maximum absolute atomic E-state index is 12.5. The van der Waals surface area contributed by atoms with E-state index in [0.717, 1.165) is 5.56 Å². The first-order valence-corrected chi connectivity index (χ1v) is 8.09. The van der Waals surface area contributed by atoms with Gasteiger partial charge < -0.3 is 16.0 Å². The largest absolute Gasteiger partial charge is 0.347 e. The number of nitrogens with one attached hydrogen (secondary N) is 3. The second-order valence-corrected chi connectivity index (χ2v) is 6.94. The van der Waals surface area contributed by atoms with Crippen molar-refractivity contribution in [2.24, 2.45) is 7.05 Å². The van der Waals surface area contributed by atoms with Crippen molar-refractivity contribution in [1.82, 2.24) is 20.4 Å². The minimum Gasteiger partial charge on any atom is -0.347 e. The highest BCUT2D eigenvalue weighted by Gasteiger charge is 2.20. The number of hydrogen-bond acceptors (Lipinski definition) is 4. The Balaban J connectivity index is 0.00000338. The number of rotatable bonds is 5. The van der Waals surface area contributed by atoms with Crippen molar-refractivity contribution in [1.29, 1.82) is 0 Å². The van der Waals surface area contributed by atoms with E-state index in [2.05, 4.69) is 21.0 Å². The molecule has 0 saturated carbocycles. The third-order valence-electron chi connectivity index (χ3n) is 3.51. The molecule has 0 fully saturated rings. The van der Waals surface area contributed by atoms with Crippen LogP contribution in [0.5, 0.6) is 0 Å². The average Bonchev–Trinajstić information content (AvgIpc) is 2.93. The number of hydrogen-bond donors (Lipinski definition) is 3. The van der Waals surface area contributed by atoms with Crippen LogP contribution < -0.4 is 16.0 Å². The quantitative estimate of drug-likeness (QED) is 0.743. The third-order valence-corrected chi connectivity index (χ3v) is 3.51. The molecule has 0 spiro atoms. The van der Waals surface area contributed by atoms with Gasteiger partial charge in [-0.15, -0.1) is 12.4 Å². The first kappa shape index (κ1) is 21.7. The van der Waals surface area contributed by atoms with Gasteiger partial charge in [-0.1, -0.05) is 0 Å². The normalized spacial score (nSPS) is 12.0. The average molecular weight is 380 g/mol. The molecule has 3 N–H and O–H groups in total. The molecule has 2 aromatic rings. The summed E-state index contributed by atoms with van der Waals surface area (Å²) in [5.41, 5.74) is 1.66. The third kappa shape index (κ3) is 5.86. The van der Waals surface area contributed by atoms with E-state index in [-0.39, 0.29) is 29.8 Å². The molecule has 0 radical (unpaired) electrons. The summed E-state index contributed by atoms with van der Waals surface area (Å²) in [6.45, 7) is 5.78. The van der Waals surface area contributed by atoms with Crippen molar-refractivity contribution in [2.75, 3.05) is 12.4 Å². The summed E-state index contributed by atoms with van der Waals surface area (Å²) in [6, 6.07) is 6.30. The highest BCUT2D eigenvalue weighted by molar-refractivity contribution is 5.97. The molecular weight excluding hydrogens is 354 g/mol. The number of aromatic nitrogens is 2. The van der Waals surface area contributed by atoms with Crippen LogP contribution in [0.1, 0.15) is 42.7 Å². The molecule has 1 unspecified atom stereocenters. The molecule has 26 heavy (non-hydrogen) atoms. The van der Waals surface area contributed by atoms with Gasteiger partial charge >= 0.3 is 0 Å².